The first kappa shape index (κ1) is 32.9. The molecule has 0 saturated carbocycles. The van der Waals surface area contributed by atoms with Crippen LogP contribution >= 0.6 is 11.9 Å². The summed E-state index contributed by atoms with van der Waals surface area (Å²) in [6.45, 7) is 16.3. The summed E-state index contributed by atoms with van der Waals surface area (Å²) in [6, 6.07) is 2.96. The number of esters is 1. The van der Waals surface area contributed by atoms with Crippen molar-refractivity contribution < 1.29 is 23.9 Å². The number of piperazine rings is 1. The molecule has 0 bridgehead atoms. The van der Waals surface area contributed by atoms with Crippen LogP contribution in [0.4, 0.5) is 4.79 Å². The molecule has 220 valence electrons. The van der Waals surface area contributed by atoms with E-state index in [9.17, 15) is 14.4 Å². The second kappa shape index (κ2) is 16.1. The average Bonchev–Trinajstić information content (AvgIpc) is 2.90. The number of carbonyl (C=O) groups is 3. The highest BCUT2D eigenvalue weighted by Crippen LogP contribution is 2.30. The van der Waals surface area contributed by atoms with Crippen molar-refractivity contribution in [3.05, 3.63) is 23.9 Å². The van der Waals surface area contributed by atoms with E-state index in [-0.39, 0.29) is 23.1 Å². The number of ether oxygens (including phenoxy) is 2. The summed E-state index contributed by atoms with van der Waals surface area (Å²) in [5, 5.41) is 0.279. The van der Waals surface area contributed by atoms with Gasteiger partial charge in [-0.3, -0.25) is 9.69 Å². The van der Waals surface area contributed by atoms with Crippen molar-refractivity contribution in [1.82, 2.24) is 19.1 Å². The summed E-state index contributed by atoms with van der Waals surface area (Å²) < 4.78 is 12.1. The van der Waals surface area contributed by atoms with E-state index in [0.717, 1.165) is 25.0 Å². The maximum absolute atomic E-state index is 13.7. The molecular weight excluding hydrogens is 516 g/mol. The van der Waals surface area contributed by atoms with Crippen molar-refractivity contribution in [2.45, 2.75) is 110 Å². The third kappa shape index (κ3) is 10.3. The fourth-order valence-electron chi connectivity index (χ4n) is 4.56. The Bertz CT molecular complexity index is 922. The van der Waals surface area contributed by atoms with E-state index in [2.05, 4.69) is 23.7 Å². The van der Waals surface area contributed by atoms with Gasteiger partial charge in [-0.05, 0) is 59.6 Å². The summed E-state index contributed by atoms with van der Waals surface area (Å²) in [5.74, 6) is -0.687. The van der Waals surface area contributed by atoms with Gasteiger partial charge >= 0.3 is 12.1 Å². The van der Waals surface area contributed by atoms with E-state index < -0.39 is 23.7 Å². The molecule has 0 aromatic carbocycles. The number of nitrogens with zero attached hydrogens (tertiary/aromatic N) is 4. The Kier molecular flexibility index (Phi) is 13.5. The molecule has 1 aliphatic rings. The molecule has 0 N–H and O–H groups in total. The standard InChI is InChI=1S/C29H48N4O5S/c1-8-11-14-23(15-12-9-2)31-18-20-32(21-19-31)26(34)22(4)33(28(36)38-29(5,6)7)39-25-24(16-13-17-30-25)27(35)37-10-3/h13,16-17,22-23H,8-12,14-15,18-21H2,1-7H3/t22-/m1/s1. The molecule has 9 nitrogen and oxygen atoms in total. The molecule has 0 spiro atoms. The molecule has 2 amide bonds. The van der Waals surface area contributed by atoms with Crippen molar-refractivity contribution in [2.75, 3.05) is 32.8 Å². The Hall–Kier alpha value is -2.33. The smallest absolute Gasteiger partial charge is 0.421 e. The van der Waals surface area contributed by atoms with Crippen molar-refractivity contribution >= 4 is 29.9 Å². The van der Waals surface area contributed by atoms with Gasteiger partial charge in [0.25, 0.3) is 0 Å². The number of rotatable bonds is 13. The predicted molar refractivity (Wildman–Crippen MR) is 155 cm³/mol. The molecule has 0 radical (unpaired) electrons. The highest BCUT2D eigenvalue weighted by molar-refractivity contribution is 7.97. The third-order valence-corrected chi connectivity index (χ3v) is 7.82. The van der Waals surface area contributed by atoms with Gasteiger partial charge < -0.3 is 14.4 Å². The minimum absolute atomic E-state index is 0.153. The van der Waals surface area contributed by atoms with Gasteiger partial charge in [0.05, 0.1) is 12.2 Å². The van der Waals surface area contributed by atoms with Crippen LogP contribution in [0.25, 0.3) is 0 Å². The zero-order valence-electron chi connectivity index (χ0n) is 24.9. The molecule has 1 fully saturated rings. The highest BCUT2D eigenvalue weighted by atomic mass is 32.2. The zero-order chi connectivity index (χ0) is 29.0. The predicted octanol–water partition coefficient (Wildman–Crippen LogP) is 5.78. The van der Waals surface area contributed by atoms with Gasteiger partial charge in [0, 0.05) is 50.4 Å². The number of carbonyl (C=O) groups excluding carboxylic acids is 3. The molecule has 39 heavy (non-hydrogen) atoms. The molecule has 0 aliphatic carbocycles. The van der Waals surface area contributed by atoms with Gasteiger partial charge in [0.1, 0.15) is 16.7 Å². The molecule has 2 heterocycles. The Balaban J connectivity index is 2.19. The fourth-order valence-corrected chi connectivity index (χ4v) is 5.47. The summed E-state index contributed by atoms with van der Waals surface area (Å²) in [5.41, 5.74) is -0.527. The molecular formula is C29H48N4O5S. The van der Waals surface area contributed by atoms with Gasteiger partial charge in [-0.1, -0.05) is 39.5 Å². The van der Waals surface area contributed by atoms with Gasteiger partial charge in [0.2, 0.25) is 5.91 Å². The quantitative estimate of drug-likeness (QED) is 0.220. The van der Waals surface area contributed by atoms with Gasteiger partial charge in [-0.2, -0.15) is 0 Å². The van der Waals surface area contributed by atoms with E-state index in [4.69, 9.17) is 9.47 Å². The number of unbranched alkanes of at least 4 members (excludes halogenated alkanes) is 2. The molecule has 1 aromatic heterocycles. The molecule has 1 saturated heterocycles. The molecule has 1 aliphatic heterocycles. The second-order valence-electron chi connectivity index (χ2n) is 10.9. The van der Waals surface area contributed by atoms with Crippen molar-refractivity contribution in [3.8, 4) is 0 Å². The van der Waals surface area contributed by atoms with E-state index in [1.165, 1.54) is 49.0 Å². The third-order valence-electron chi connectivity index (χ3n) is 6.66. The van der Waals surface area contributed by atoms with Crippen LogP contribution in [0.3, 0.4) is 0 Å². The minimum atomic E-state index is -0.829. The van der Waals surface area contributed by atoms with E-state index in [0.29, 0.717) is 19.1 Å². The van der Waals surface area contributed by atoms with Crippen LogP contribution in [0.1, 0.15) is 97.3 Å². The maximum Gasteiger partial charge on any atom is 0.421 e. The lowest BCUT2D eigenvalue weighted by Crippen LogP contribution is -2.56. The van der Waals surface area contributed by atoms with Crippen LogP contribution in [0.5, 0.6) is 0 Å². The monoisotopic (exact) mass is 564 g/mol. The number of hydrogen-bond donors (Lipinski definition) is 0. The van der Waals surface area contributed by atoms with Crippen LogP contribution in [-0.2, 0) is 14.3 Å². The normalized spacial score (nSPS) is 15.2. The summed E-state index contributed by atoms with van der Waals surface area (Å²) in [7, 11) is 0. The zero-order valence-corrected chi connectivity index (χ0v) is 25.7. The SMILES string of the molecule is CCCCC(CCCC)N1CCN(C(=O)[C@@H](C)N(Sc2ncccc2C(=O)OCC)C(=O)OC(C)(C)C)CC1. The number of hydrogen-bond acceptors (Lipinski definition) is 8. The second-order valence-corrected chi connectivity index (χ2v) is 11.9. The lowest BCUT2D eigenvalue weighted by molar-refractivity contribution is -0.136. The molecule has 2 rings (SSSR count). The number of aromatic nitrogens is 1. The molecule has 1 atom stereocenters. The maximum atomic E-state index is 13.7. The van der Waals surface area contributed by atoms with Crippen LogP contribution in [0, 0.1) is 0 Å². The number of amides is 2. The molecule has 0 unspecified atom stereocenters. The largest absolute Gasteiger partial charge is 0.462 e. The summed E-state index contributed by atoms with van der Waals surface area (Å²) in [6.07, 6.45) is 8.06. The Morgan fingerprint density at radius 3 is 2.21 bits per heavy atom. The molecule has 1 aromatic rings. The summed E-state index contributed by atoms with van der Waals surface area (Å²) in [4.78, 5) is 48.2. The lowest BCUT2D eigenvalue weighted by Gasteiger charge is -2.41. The van der Waals surface area contributed by atoms with Crippen LogP contribution in [0.15, 0.2) is 23.4 Å². The fraction of sp³-hybridized carbons (Fsp3) is 0.724. The van der Waals surface area contributed by atoms with Crippen molar-refractivity contribution in [3.63, 3.8) is 0 Å². The van der Waals surface area contributed by atoms with Gasteiger partial charge in [-0.25, -0.2) is 18.9 Å². The minimum Gasteiger partial charge on any atom is -0.462 e. The topological polar surface area (TPSA) is 92.3 Å². The Morgan fingerprint density at radius 1 is 1.05 bits per heavy atom. The van der Waals surface area contributed by atoms with Gasteiger partial charge in [0.15, 0.2) is 0 Å². The van der Waals surface area contributed by atoms with Crippen LogP contribution < -0.4 is 0 Å². The summed E-state index contributed by atoms with van der Waals surface area (Å²) >= 11 is 0.931. The van der Waals surface area contributed by atoms with Crippen LogP contribution in [-0.4, -0.2) is 87.5 Å². The number of pyridine rings is 1. The first-order valence-electron chi connectivity index (χ1n) is 14.4. The van der Waals surface area contributed by atoms with E-state index in [1.54, 1.807) is 46.8 Å². The average molecular weight is 565 g/mol. The van der Waals surface area contributed by atoms with Gasteiger partial charge in [-0.15, -0.1) is 0 Å². The van der Waals surface area contributed by atoms with E-state index in [1.807, 2.05) is 4.90 Å². The first-order valence-corrected chi connectivity index (χ1v) is 15.1. The Morgan fingerprint density at radius 2 is 1.67 bits per heavy atom. The van der Waals surface area contributed by atoms with Crippen molar-refractivity contribution in [1.29, 1.82) is 0 Å². The Labute approximate surface area is 239 Å². The van der Waals surface area contributed by atoms with Crippen molar-refractivity contribution in [2.24, 2.45) is 0 Å². The molecule has 10 heteroatoms. The van der Waals surface area contributed by atoms with E-state index >= 15 is 0 Å². The first-order chi connectivity index (χ1) is 18.5. The lowest BCUT2D eigenvalue weighted by atomic mass is 10.0. The highest BCUT2D eigenvalue weighted by Gasteiger charge is 2.36. The van der Waals surface area contributed by atoms with Crippen LogP contribution in [0.2, 0.25) is 0 Å².